The molecule has 0 radical (unpaired) electrons. The molecule has 0 saturated carbocycles. The van der Waals surface area contributed by atoms with Crippen molar-refractivity contribution >= 4 is 17.6 Å². The number of likely N-dealkylation sites (N-methyl/N-ethyl adjacent to an activating group) is 1. The van der Waals surface area contributed by atoms with Crippen LogP contribution in [0.1, 0.15) is 6.42 Å². The molecule has 2 aliphatic carbocycles. The Labute approximate surface area is 99.7 Å². The van der Waals surface area contributed by atoms with Crippen LogP contribution in [0, 0.1) is 0 Å². The summed E-state index contributed by atoms with van der Waals surface area (Å²) in [6, 6.07) is 8.25. The Bertz CT molecular complexity index is 677. The van der Waals surface area contributed by atoms with Gasteiger partial charge in [-0.1, -0.05) is 36.4 Å². The largest absolute Gasteiger partial charge is 0.355 e. The zero-order valence-corrected chi connectivity index (χ0v) is 9.66. The zero-order chi connectivity index (χ0) is 11.8. The Hall–Kier alpha value is -2.09. The quantitative estimate of drug-likeness (QED) is 0.743. The van der Waals surface area contributed by atoms with E-state index in [1.807, 2.05) is 12.1 Å². The van der Waals surface area contributed by atoms with Crippen molar-refractivity contribution in [3.05, 3.63) is 58.0 Å². The fourth-order valence-electron chi connectivity index (χ4n) is 2.45. The molecule has 2 heteroatoms. The molecule has 0 aromatic heterocycles. The van der Waals surface area contributed by atoms with Crippen LogP contribution in [0.25, 0.3) is 11.6 Å². The number of rotatable bonds is 1. The zero-order valence-electron chi connectivity index (χ0n) is 9.66. The van der Waals surface area contributed by atoms with Crippen LogP contribution in [0.3, 0.4) is 0 Å². The van der Waals surface area contributed by atoms with Crippen molar-refractivity contribution in [3.8, 4) is 0 Å². The van der Waals surface area contributed by atoms with E-state index in [0.29, 0.717) is 6.42 Å². The van der Waals surface area contributed by atoms with Gasteiger partial charge in [0, 0.05) is 12.6 Å². The van der Waals surface area contributed by atoms with E-state index in [9.17, 15) is 4.79 Å². The summed E-state index contributed by atoms with van der Waals surface area (Å²) in [7, 11) is 1.68. The molecule has 1 aromatic rings. The molecule has 1 aromatic carbocycles. The number of allylic oxidation sites excluding steroid dienone is 3. The third-order valence-corrected chi connectivity index (χ3v) is 3.27. The van der Waals surface area contributed by atoms with Crippen LogP contribution in [0.2, 0.25) is 0 Å². The van der Waals surface area contributed by atoms with Gasteiger partial charge in [0.1, 0.15) is 0 Å². The van der Waals surface area contributed by atoms with E-state index in [1.165, 1.54) is 16.0 Å². The molecule has 0 heterocycles. The Morgan fingerprint density at radius 1 is 1.24 bits per heavy atom. The molecule has 0 fully saturated rings. The predicted octanol–water partition coefficient (Wildman–Crippen LogP) is 0.634. The third-order valence-electron chi connectivity index (χ3n) is 3.27. The van der Waals surface area contributed by atoms with Gasteiger partial charge < -0.3 is 5.32 Å². The van der Waals surface area contributed by atoms with Gasteiger partial charge in [-0.25, -0.2) is 0 Å². The summed E-state index contributed by atoms with van der Waals surface area (Å²) in [6.45, 7) is 0. The molecule has 0 spiro atoms. The number of carbonyl (C=O) groups excluding carboxylic acids is 1. The second-order valence-corrected chi connectivity index (χ2v) is 4.22. The maximum absolute atomic E-state index is 11.8. The Kier molecular flexibility index (Phi) is 2.22. The first kappa shape index (κ1) is 10.1. The second kappa shape index (κ2) is 3.74. The molecule has 0 saturated heterocycles. The minimum absolute atomic E-state index is 0.0194. The van der Waals surface area contributed by atoms with Crippen molar-refractivity contribution in [1.82, 2.24) is 5.32 Å². The Morgan fingerprint density at radius 2 is 2.06 bits per heavy atom. The molecule has 2 aliphatic rings. The van der Waals surface area contributed by atoms with E-state index in [-0.39, 0.29) is 5.91 Å². The van der Waals surface area contributed by atoms with Crippen molar-refractivity contribution in [3.63, 3.8) is 0 Å². The highest BCUT2D eigenvalue weighted by molar-refractivity contribution is 6.03. The van der Waals surface area contributed by atoms with Crippen LogP contribution in [-0.4, -0.2) is 13.0 Å². The lowest BCUT2D eigenvalue weighted by molar-refractivity contribution is -0.117. The van der Waals surface area contributed by atoms with Crippen molar-refractivity contribution in [1.29, 1.82) is 0 Å². The smallest absolute Gasteiger partial charge is 0.247 e. The standard InChI is InChI=1S/C15H13NO/c1-16-15(17)13-8-4-7-12-11-6-3-2-5-10(11)9-14(12)13/h2-7,9H,8H2,1H3,(H,16,17). The van der Waals surface area contributed by atoms with Gasteiger partial charge in [-0.05, 0) is 34.1 Å². The van der Waals surface area contributed by atoms with Gasteiger partial charge >= 0.3 is 0 Å². The summed E-state index contributed by atoms with van der Waals surface area (Å²) >= 11 is 0. The minimum atomic E-state index is 0.0194. The molecule has 84 valence electrons. The second-order valence-electron chi connectivity index (χ2n) is 4.22. The summed E-state index contributed by atoms with van der Waals surface area (Å²) in [4.78, 5) is 11.8. The normalized spacial score (nSPS) is 16.4. The Morgan fingerprint density at radius 3 is 2.88 bits per heavy atom. The maximum Gasteiger partial charge on any atom is 0.247 e. The average molecular weight is 223 g/mol. The van der Waals surface area contributed by atoms with E-state index in [1.54, 1.807) is 7.05 Å². The lowest BCUT2D eigenvalue weighted by Crippen LogP contribution is -2.23. The molecule has 0 unspecified atom stereocenters. The van der Waals surface area contributed by atoms with E-state index in [4.69, 9.17) is 0 Å². The first-order valence-corrected chi connectivity index (χ1v) is 5.74. The molecule has 0 aliphatic heterocycles. The minimum Gasteiger partial charge on any atom is -0.355 e. The average Bonchev–Trinajstić information content (AvgIpc) is 2.76. The van der Waals surface area contributed by atoms with Crippen LogP contribution >= 0.6 is 0 Å². The lowest BCUT2D eigenvalue weighted by Gasteiger charge is -2.13. The molecular formula is C15H13NO. The van der Waals surface area contributed by atoms with Gasteiger partial charge in [0.15, 0.2) is 0 Å². The Balaban J connectivity index is 2.32. The summed E-state index contributed by atoms with van der Waals surface area (Å²) in [5, 5.41) is 5.13. The van der Waals surface area contributed by atoms with Crippen molar-refractivity contribution in [2.75, 3.05) is 7.05 Å². The van der Waals surface area contributed by atoms with Crippen LogP contribution in [0.4, 0.5) is 0 Å². The number of amides is 1. The molecule has 17 heavy (non-hydrogen) atoms. The highest BCUT2D eigenvalue weighted by Gasteiger charge is 2.20. The fraction of sp³-hybridized carbons (Fsp3) is 0.133. The van der Waals surface area contributed by atoms with Gasteiger partial charge in [0.05, 0.1) is 0 Å². The number of carbonyl (C=O) groups is 1. The number of hydrogen-bond acceptors (Lipinski definition) is 1. The molecular weight excluding hydrogens is 210 g/mol. The number of benzene rings is 1. The highest BCUT2D eigenvalue weighted by atomic mass is 16.1. The highest BCUT2D eigenvalue weighted by Crippen LogP contribution is 2.27. The SMILES string of the molecule is CNC(=O)C1=C2C=c3ccccc3=C2C=CC1. The monoisotopic (exact) mass is 223 g/mol. The van der Waals surface area contributed by atoms with E-state index in [2.05, 4.69) is 35.7 Å². The molecule has 2 nitrogen and oxygen atoms in total. The van der Waals surface area contributed by atoms with Gasteiger partial charge in [0.2, 0.25) is 5.91 Å². The lowest BCUT2D eigenvalue weighted by atomic mass is 9.93. The van der Waals surface area contributed by atoms with Gasteiger partial charge in [-0.2, -0.15) is 0 Å². The van der Waals surface area contributed by atoms with Gasteiger partial charge in [-0.15, -0.1) is 0 Å². The number of nitrogens with one attached hydrogen (secondary N) is 1. The topological polar surface area (TPSA) is 29.1 Å². The maximum atomic E-state index is 11.8. The summed E-state index contributed by atoms with van der Waals surface area (Å²) in [6.07, 6.45) is 6.99. The summed E-state index contributed by atoms with van der Waals surface area (Å²) in [5.74, 6) is 0.0194. The van der Waals surface area contributed by atoms with Gasteiger partial charge in [-0.3, -0.25) is 4.79 Å². The van der Waals surface area contributed by atoms with Crippen molar-refractivity contribution in [2.24, 2.45) is 0 Å². The molecule has 0 bridgehead atoms. The third kappa shape index (κ3) is 1.45. The molecule has 1 amide bonds. The first-order chi connectivity index (χ1) is 8.31. The molecule has 0 atom stereocenters. The molecule has 3 rings (SSSR count). The van der Waals surface area contributed by atoms with E-state index in [0.717, 1.165) is 11.1 Å². The van der Waals surface area contributed by atoms with Crippen LogP contribution in [-0.2, 0) is 4.79 Å². The van der Waals surface area contributed by atoms with Crippen LogP contribution in [0.5, 0.6) is 0 Å². The fourth-order valence-corrected chi connectivity index (χ4v) is 2.45. The summed E-state index contributed by atoms with van der Waals surface area (Å²) < 4.78 is 0. The van der Waals surface area contributed by atoms with E-state index < -0.39 is 0 Å². The molecule has 1 N–H and O–H groups in total. The first-order valence-electron chi connectivity index (χ1n) is 5.74. The summed E-state index contributed by atoms with van der Waals surface area (Å²) in [5.41, 5.74) is 3.11. The van der Waals surface area contributed by atoms with Crippen LogP contribution < -0.4 is 15.8 Å². The number of hydrogen-bond donors (Lipinski definition) is 1. The van der Waals surface area contributed by atoms with E-state index >= 15 is 0 Å². The van der Waals surface area contributed by atoms with Crippen LogP contribution in [0.15, 0.2) is 47.6 Å². The number of fused-ring (bicyclic) bond motifs is 2. The van der Waals surface area contributed by atoms with Crippen molar-refractivity contribution < 1.29 is 4.79 Å². The van der Waals surface area contributed by atoms with Crippen molar-refractivity contribution in [2.45, 2.75) is 6.42 Å². The van der Waals surface area contributed by atoms with Gasteiger partial charge in [0.25, 0.3) is 0 Å². The predicted molar refractivity (Wildman–Crippen MR) is 68.4 cm³/mol.